The lowest BCUT2D eigenvalue weighted by molar-refractivity contribution is 1.33. The summed E-state index contributed by atoms with van der Waals surface area (Å²) in [4.78, 5) is 0. The number of para-hydroxylation sites is 2. The van der Waals surface area contributed by atoms with Crippen LogP contribution in [-0.4, -0.2) is 0 Å². The van der Waals surface area contributed by atoms with Gasteiger partial charge in [0.2, 0.25) is 0 Å². The van der Waals surface area contributed by atoms with Crippen LogP contribution in [0.3, 0.4) is 0 Å². The molecular weight excluding hydrogens is 248 g/mol. The SMILES string of the molecule is N#C/C(Nc1ccccc1)=C(\C#N)Nc1ccccc1. The smallest absolute Gasteiger partial charge is 0.152 e. The third-order valence-corrected chi connectivity index (χ3v) is 2.56. The summed E-state index contributed by atoms with van der Waals surface area (Å²) in [5.41, 5.74) is 1.88. The molecule has 0 atom stereocenters. The highest BCUT2D eigenvalue weighted by molar-refractivity contribution is 5.60. The maximum atomic E-state index is 9.21. The topological polar surface area (TPSA) is 71.6 Å². The maximum Gasteiger partial charge on any atom is 0.152 e. The van der Waals surface area contributed by atoms with Crippen molar-refractivity contribution in [3.05, 3.63) is 72.1 Å². The third kappa shape index (κ3) is 3.38. The van der Waals surface area contributed by atoms with Gasteiger partial charge in [0, 0.05) is 11.4 Å². The van der Waals surface area contributed by atoms with Gasteiger partial charge in [-0.15, -0.1) is 0 Å². The second-order valence-corrected chi connectivity index (χ2v) is 3.96. The normalized spacial score (nSPS) is 10.7. The Hall–Kier alpha value is -3.24. The van der Waals surface area contributed by atoms with Gasteiger partial charge < -0.3 is 10.6 Å². The van der Waals surface area contributed by atoms with Gasteiger partial charge >= 0.3 is 0 Å². The summed E-state index contributed by atoms with van der Waals surface area (Å²) in [5, 5.41) is 24.3. The zero-order chi connectivity index (χ0) is 14.2. The molecule has 0 amide bonds. The van der Waals surface area contributed by atoms with Crippen LogP contribution >= 0.6 is 0 Å². The molecule has 96 valence electrons. The van der Waals surface area contributed by atoms with E-state index in [9.17, 15) is 10.5 Å². The van der Waals surface area contributed by atoms with Crippen LogP contribution in [-0.2, 0) is 0 Å². The van der Waals surface area contributed by atoms with Crippen LogP contribution in [0.5, 0.6) is 0 Å². The average Bonchev–Trinajstić information content (AvgIpc) is 2.52. The number of benzene rings is 2. The van der Waals surface area contributed by atoms with Crippen molar-refractivity contribution in [2.75, 3.05) is 10.6 Å². The molecule has 2 aromatic rings. The Morgan fingerprint density at radius 3 is 1.30 bits per heavy atom. The van der Waals surface area contributed by atoms with E-state index >= 15 is 0 Å². The Labute approximate surface area is 117 Å². The lowest BCUT2D eigenvalue weighted by Crippen LogP contribution is -2.07. The van der Waals surface area contributed by atoms with E-state index in [0.717, 1.165) is 11.4 Å². The van der Waals surface area contributed by atoms with E-state index < -0.39 is 0 Å². The highest BCUT2D eigenvalue weighted by Gasteiger charge is 2.07. The van der Waals surface area contributed by atoms with Crippen LogP contribution < -0.4 is 10.6 Å². The molecule has 0 aliphatic heterocycles. The zero-order valence-corrected chi connectivity index (χ0v) is 10.7. The van der Waals surface area contributed by atoms with E-state index in [0.29, 0.717) is 0 Å². The molecule has 0 heterocycles. The van der Waals surface area contributed by atoms with Crippen molar-refractivity contribution >= 4 is 11.4 Å². The molecule has 0 radical (unpaired) electrons. The van der Waals surface area contributed by atoms with Crippen molar-refractivity contribution in [2.24, 2.45) is 0 Å². The number of hydrogen-bond acceptors (Lipinski definition) is 4. The fourth-order valence-electron chi connectivity index (χ4n) is 1.62. The fraction of sp³-hybridized carbons (Fsp3) is 0. The standard InChI is InChI=1S/C16H12N4/c17-11-15(19-13-7-3-1-4-8-13)16(12-18)20-14-9-5-2-6-10-14/h1-10,19-20H/b16-15-. The monoisotopic (exact) mass is 260 g/mol. The molecule has 2 aromatic carbocycles. The Bertz CT molecular complexity index is 614. The Morgan fingerprint density at radius 1 is 0.650 bits per heavy atom. The number of anilines is 2. The van der Waals surface area contributed by atoms with Gasteiger partial charge in [0.15, 0.2) is 11.4 Å². The largest absolute Gasteiger partial charge is 0.344 e. The molecule has 0 aliphatic rings. The molecule has 0 unspecified atom stereocenters. The molecule has 2 rings (SSSR count). The van der Waals surface area contributed by atoms with E-state index in [1.54, 1.807) is 0 Å². The summed E-state index contributed by atoms with van der Waals surface area (Å²) < 4.78 is 0. The highest BCUT2D eigenvalue weighted by atomic mass is 15.0. The van der Waals surface area contributed by atoms with Crippen LogP contribution in [0.4, 0.5) is 11.4 Å². The molecular formula is C16H12N4. The summed E-state index contributed by atoms with van der Waals surface area (Å²) in [6.07, 6.45) is 0. The van der Waals surface area contributed by atoms with Gasteiger partial charge in [-0.25, -0.2) is 0 Å². The second-order valence-electron chi connectivity index (χ2n) is 3.96. The average molecular weight is 260 g/mol. The van der Waals surface area contributed by atoms with Crippen molar-refractivity contribution < 1.29 is 0 Å². The first-order valence-corrected chi connectivity index (χ1v) is 6.02. The summed E-state index contributed by atoms with van der Waals surface area (Å²) in [6.45, 7) is 0. The van der Waals surface area contributed by atoms with Crippen LogP contribution in [0.15, 0.2) is 72.1 Å². The van der Waals surface area contributed by atoms with Crippen molar-refractivity contribution in [3.8, 4) is 12.1 Å². The number of nitrogens with one attached hydrogen (secondary N) is 2. The lowest BCUT2D eigenvalue weighted by Gasteiger charge is -2.09. The van der Waals surface area contributed by atoms with Gasteiger partial charge in [0.25, 0.3) is 0 Å². The van der Waals surface area contributed by atoms with Gasteiger partial charge in [0.1, 0.15) is 12.1 Å². The minimum atomic E-state index is 0.183. The van der Waals surface area contributed by atoms with Crippen molar-refractivity contribution in [2.45, 2.75) is 0 Å². The van der Waals surface area contributed by atoms with Gasteiger partial charge in [-0.1, -0.05) is 36.4 Å². The molecule has 0 bridgehead atoms. The third-order valence-electron chi connectivity index (χ3n) is 2.56. The van der Waals surface area contributed by atoms with E-state index in [2.05, 4.69) is 10.6 Å². The first-order valence-electron chi connectivity index (χ1n) is 6.02. The molecule has 0 spiro atoms. The van der Waals surface area contributed by atoms with Crippen LogP contribution in [0.1, 0.15) is 0 Å². The van der Waals surface area contributed by atoms with Crippen molar-refractivity contribution in [3.63, 3.8) is 0 Å². The van der Waals surface area contributed by atoms with Gasteiger partial charge in [-0.3, -0.25) is 0 Å². The first kappa shape index (κ1) is 13.2. The molecule has 20 heavy (non-hydrogen) atoms. The molecule has 4 heteroatoms. The predicted molar refractivity (Wildman–Crippen MR) is 78.4 cm³/mol. The van der Waals surface area contributed by atoms with E-state index in [1.165, 1.54) is 0 Å². The van der Waals surface area contributed by atoms with E-state index in [4.69, 9.17) is 0 Å². The summed E-state index contributed by atoms with van der Waals surface area (Å²) >= 11 is 0. The predicted octanol–water partition coefficient (Wildman–Crippen LogP) is 3.47. The zero-order valence-electron chi connectivity index (χ0n) is 10.7. The molecule has 0 aliphatic carbocycles. The van der Waals surface area contributed by atoms with E-state index in [-0.39, 0.29) is 11.4 Å². The summed E-state index contributed by atoms with van der Waals surface area (Å²) in [7, 11) is 0. The summed E-state index contributed by atoms with van der Waals surface area (Å²) in [6, 6.07) is 22.5. The van der Waals surface area contributed by atoms with Crippen LogP contribution in [0, 0.1) is 22.7 Å². The van der Waals surface area contributed by atoms with Crippen molar-refractivity contribution in [1.29, 1.82) is 10.5 Å². The molecule has 4 nitrogen and oxygen atoms in total. The van der Waals surface area contributed by atoms with Crippen LogP contribution in [0.25, 0.3) is 0 Å². The molecule has 0 aromatic heterocycles. The van der Waals surface area contributed by atoms with Gasteiger partial charge in [-0.05, 0) is 24.3 Å². The first-order chi connectivity index (χ1) is 9.83. The number of allylic oxidation sites excluding steroid dienone is 2. The molecule has 0 saturated carbocycles. The molecule has 2 N–H and O–H groups in total. The minimum Gasteiger partial charge on any atom is -0.344 e. The van der Waals surface area contributed by atoms with Gasteiger partial charge in [-0.2, -0.15) is 10.5 Å². The van der Waals surface area contributed by atoms with Crippen LogP contribution in [0.2, 0.25) is 0 Å². The second kappa shape index (κ2) is 6.63. The minimum absolute atomic E-state index is 0.183. The number of rotatable bonds is 4. The fourth-order valence-corrected chi connectivity index (χ4v) is 1.62. The lowest BCUT2D eigenvalue weighted by atomic mass is 10.2. The van der Waals surface area contributed by atoms with Gasteiger partial charge in [0.05, 0.1) is 0 Å². The molecule has 0 fully saturated rings. The Morgan fingerprint density at radius 2 is 1.00 bits per heavy atom. The highest BCUT2D eigenvalue weighted by Crippen LogP contribution is 2.14. The summed E-state index contributed by atoms with van der Waals surface area (Å²) in [5.74, 6) is 0. The number of hydrogen-bond donors (Lipinski definition) is 2. The number of nitrogens with zero attached hydrogens (tertiary/aromatic N) is 2. The number of nitriles is 2. The Balaban J connectivity index is 2.26. The quantitative estimate of drug-likeness (QED) is 0.826. The van der Waals surface area contributed by atoms with Crippen molar-refractivity contribution in [1.82, 2.24) is 0 Å². The molecule has 0 saturated heterocycles. The van der Waals surface area contributed by atoms with E-state index in [1.807, 2.05) is 72.8 Å². The Kier molecular flexibility index (Phi) is 4.37. The maximum absolute atomic E-state index is 9.21.